The quantitative estimate of drug-likeness (QED) is 0.536. The minimum atomic E-state index is 0.423. The summed E-state index contributed by atoms with van der Waals surface area (Å²) in [7, 11) is 0. The number of imidazole rings is 1. The Morgan fingerprint density at radius 3 is 2.36 bits per heavy atom. The van der Waals surface area contributed by atoms with Crippen molar-refractivity contribution in [2.75, 3.05) is 5.32 Å². The third-order valence-electron chi connectivity index (χ3n) is 4.01. The molecule has 0 fully saturated rings. The number of aromatic nitrogens is 2. The number of anilines is 1. The first-order chi connectivity index (χ1) is 12.2. The van der Waals surface area contributed by atoms with Gasteiger partial charge in [-0.1, -0.05) is 43.3 Å². The summed E-state index contributed by atoms with van der Waals surface area (Å²) in [6.45, 7) is 3.51. The van der Waals surface area contributed by atoms with Crippen LogP contribution in [-0.2, 0) is 19.5 Å². The maximum atomic E-state index is 5.97. The Morgan fingerprint density at radius 1 is 1.04 bits per heavy atom. The van der Waals surface area contributed by atoms with Crippen molar-refractivity contribution in [3.8, 4) is 0 Å². The molecule has 0 aliphatic heterocycles. The summed E-state index contributed by atoms with van der Waals surface area (Å²) in [5, 5.41) is 3.12. The molecule has 128 valence electrons. The molecule has 5 heteroatoms. The summed E-state index contributed by atoms with van der Waals surface area (Å²) >= 11 is 0. The minimum absolute atomic E-state index is 0.423. The number of guanidine groups is 1. The molecule has 3 N–H and O–H groups in total. The zero-order valence-electron chi connectivity index (χ0n) is 14.4. The summed E-state index contributed by atoms with van der Waals surface area (Å²) in [6, 6.07) is 16.6. The topological polar surface area (TPSA) is 68.2 Å². The number of nitrogens with zero attached hydrogens (tertiary/aromatic N) is 3. The third kappa shape index (κ3) is 4.94. The van der Waals surface area contributed by atoms with Gasteiger partial charge in [-0.2, -0.15) is 0 Å². The summed E-state index contributed by atoms with van der Waals surface area (Å²) in [6.07, 6.45) is 6.59. The molecule has 1 aromatic heterocycles. The Morgan fingerprint density at radius 2 is 1.72 bits per heavy atom. The van der Waals surface area contributed by atoms with Crippen LogP contribution >= 0.6 is 0 Å². The lowest BCUT2D eigenvalue weighted by molar-refractivity contribution is 0.796. The summed E-state index contributed by atoms with van der Waals surface area (Å²) < 4.78 is 2.04. The largest absolute Gasteiger partial charge is 0.370 e. The molecule has 0 atom stereocenters. The predicted octanol–water partition coefficient (Wildman–Crippen LogP) is 3.42. The lowest BCUT2D eigenvalue weighted by Crippen LogP contribution is -2.22. The zero-order valence-corrected chi connectivity index (χ0v) is 14.4. The first kappa shape index (κ1) is 16.8. The maximum Gasteiger partial charge on any atom is 0.193 e. The lowest BCUT2D eigenvalue weighted by Gasteiger charge is -2.07. The molecule has 0 bridgehead atoms. The van der Waals surface area contributed by atoms with Crippen LogP contribution in [0.25, 0.3) is 0 Å². The monoisotopic (exact) mass is 333 g/mol. The second kappa shape index (κ2) is 8.15. The average molecular weight is 333 g/mol. The van der Waals surface area contributed by atoms with Crippen LogP contribution in [0.4, 0.5) is 5.69 Å². The van der Waals surface area contributed by atoms with Gasteiger partial charge in [-0.25, -0.2) is 9.98 Å². The molecule has 0 amide bonds. The molecule has 25 heavy (non-hydrogen) atoms. The van der Waals surface area contributed by atoms with Gasteiger partial charge in [-0.3, -0.25) is 0 Å². The van der Waals surface area contributed by atoms with E-state index in [1.165, 1.54) is 11.1 Å². The van der Waals surface area contributed by atoms with Crippen LogP contribution < -0.4 is 11.1 Å². The number of hydrogen-bond acceptors (Lipinski definition) is 2. The van der Waals surface area contributed by atoms with Crippen LogP contribution in [0.5, 0.6) is 0 Å². The van der Waals surface area contributed by atoms with E-state index in [0.717, 1.165) is 24.2 Å². The first-order valence-electron chi connectivity index (χ1n) is 8.42. The van der Waals surface area contributed by atoms with E-state index >= 15 is 0 Å². The second-order valence-electron chi connectivity index (χ2n) is 5.93. The lowest BCUT2D eigenvalue weighted by atomic mass is 10.1. The highest BCUT2D eigenvalue weighted by Crippen LogP contribution is 2.10. The molecule has 0 aliphatic rings. The molecule has 5 nitrogen and oxygen atoms in total. The van der Waals surface area contributed by atoms with Crippen LogP contribution in [0, 0.1) is 0 Å². The molecular weight excluding hydrogens is 310 g/mol. The van der Waals surface area contributed by atoms with Gasteiger partial charge in [0.2, 0.25) is 0 Å². The highest BCUT2D eigenvalue weighted by atomic mass is 15.1. The van der Waals surface area contributed by atoms with E-state index in [4.69, 9.17) is 5.73 Å². The predicted molar refractivity (Wildman–Crippen MR) is 103 cm³/mol. The standard InChI is InChI=1S/C20H23N5/c1-2-16-7-9-19(10-8-16)24-20(21)23-13-17-3-5-18(6-4-17)14-25-12-11-22-15-25/h3-12,15H,2,13-14H2,1H3,(H3,21,23,24). The molecule has 0 unspecified atom stereocenters. The number of benzene rings is 2. The van der Waals surface area contributed by atoms with E-state index in [9.17, 15) is 0 Å². The van der Waals surface area contributed by atoms with E-state index in [1.807, 2.05) is 29.2 Å². The van der Waals surface area contributed by atoms with Crippen molar-refractivity contribution in [1.29, 1.82) is 0 Å². The van der Waals surface area contributed by atoms with Crippen LogP contribution in [0.1, 0.15) is 23.6 Å². The summed E-state index contributed by atoms with van der Waals surface area (Å²) in [4.78, 5) is 8.46. The molecule has 0 saturated heterocycles. The van der Waals surface area contributed by atoms with Crippen LogP contribution in [0.15, 0.2) is 72.2 Å². The molecule has 0 radical (unpaired) electrons. The minimum Gasteiger partial charge on any atom is -0.370 e. The third-order valence-corrected chi connectivity index (χ3v) is 4.01. The fraction of sp³-hybridized carbons (Fsp3) is 0.200. The van der Waals surface area contributed by atoms with Crippen LogP contribution in [-0.4, -0.2) is 15.5 Å². The van der Waals surface area contributed by atoms with Gasteiger partial charge in [0.15, 0.2) is 5.96 Å². The molecule has 0 aliphatic carbocycles. The number of rotatable bonds is 6. The Bertz CT molecular complexity index is 802. The highest BCUT2D eigenvalue weighted by molar-refractivity contribution is 5.92. The van der Waals surface area contributed by atoms with Gasteiger partial charge in [0.25, 0.3) is 0 Å². The fourth-order valence-electron chi connectivity index (χ4n) is 2.53. The first-order valence-corrected chi connectivity index (χ1v) is 8.42. The Kier molecular flexibility index (Phi) is 5.46. The van der Waals surface area contributed by atoms with Crippen molar-refractivity contribution in [3.05, 3.63) is 83.9 Å². The van der Waals surface area contributed by atoms with Crippen molar-refractivity contribution in [2.24, 2.45) is 10.7 Å². The van der Waals surface area contributed by atoms with E-state index < -0.39 is 0 Å². The van der Waals surface area contributed by atoms with Crippen molar-refractivity contribution in [1.82, 2.24) is 9.55 Å². The number of aliphatic imine (C=N–C) groups is 1. The normalized spacial score (nSPS) is 11.5. The van der Waals surface area contributed by atoms with E-state index in [-0.39, 0.29) is 0 Å². The average Bonchev–Trinajstić information content (AvgIpc) is 3.15. The van der Waals surface area contributed by atoms with E-state index in [0.29, 0.717) is 12.5 Å². The van der Waals surface area contributed by atoms with Gasteiger partial charge in [-0.15, -0.1) is 0 Å². The summed E-state index contributed by atoms with van der Waals surface area (Å²) in [5.74, 6) is 0.423. The SMILES string of the molecule is CCc1ccc(NC(N)=NCc2ccc(Cn3ccnc3)cc2)cc1. The molecule has 3 rings (SSSR count). The van der Waals surface area contributed by atoms with Gasteiger partial charge in [-0.05, 0) is 35.2 Å². The number of aryl methyl sites for hydroxylation is 1. The van der Waals surface area contributed by atoms with Gasteiger partial charge in [0, 0.05) is 24.6 Å². The van der Waals surface area contributed by atoms with Crippen molar-refractivity contribution in [2.45, 2.75) is 26.4 Å². The van der Waals surface area contributed by atoms with Gasteiger partial charge in [0.05, 0.1) is 12.9 Å². The van der Waals surface area contributed by atoms with Gasteiger partial charge >= 0.3 is 0 Å². The number of nitrogens with one attached hydrogen (secondary N) is 1. The molecule has 0 spiro atoms. The maximum absolute atomic E-state index is 5.97. The van der Waals surface area contributed by atoms with Crippen molar-refractivity contribution >= 4 is 11.6 Å². The Hall–Kier alpha value is -3.08. The van der Waals surface area contributed by atoms with E-state index in [1.54, 1.807) is 6.20 Å². The fourth-order valence-corrected chi connectivity index (χ4v) is 2.53. The molecular formula is C20H23N5. The van der Waals surface area contributed by atoms with Crippen LogP contribution in [0.2, 0.25) is 0 Å². The highest BCUT2D eigenvalue weighted by Gasteiger charge is 1.98. The van der Waals surface area contributed by atoms with Gasteiger partial charge < -0.3 is 15.6 Å². The molecule has 3 aromatic rings. The molecule has 1 heterocycles. The van der Waals surface area contributed by atoms with Gasteiger partial charge in [0.1, 0.15) is 0 Å². The Balaban J connectivity index is 1.54. The van der Waals surface area contributed by atoms with Crippen molar-refractivity contribution in [3.63, 3.8) is 0 Å². The second-order valence-corrected chi connectivity index (χ2v) is 5.93. The number of hydrogen-bond donors (Lipinski definition) is 2. The summed E-state index contributed by atoms with van der Waals surface area (Å²) in [5.41, 5.74) is 10.6. The Labute approximate surface area is 148 Å². The molecule has 2 aromatic carbocycles. The van der Waals surface area contributed by atoms with E-state index in [2.05, 4.69) is 58.6 Å². The van der Waals surface area contributed by atoms with Crippen molar-refractivity contribution < 1.29 is 0 Å². The molecule has 0 saturated carbocycles. The van der Waals surface area contributed by atoms with Crippen LogP contribution in [0.3, 0.4) is 0 Å². The smallest absolute Gasteiger partial charge is 0.193 e. The number of nitrogens with two attached hydrogens (primary N) is 1. The zero-order chi connectivity index (χ0) is 17.5.